The molecule has 96 valence electrons. The molecule has 0 aliphatic rings. The van der Waals surface area contributed by atoms with Crippen LogP contribution in [0.5, 0.6) is 5.75 Å². The molecule has 1 amide bonds. The lowest BCUT2D eigenvalue weighted by molar-refractivity contribution is 0.0799. The van der Waals surface area contributed by atoms with Gasteiger partial charge in [0.25, 0.3) is 5.91 Å². The van der Waals surface area contributed by atoms with E-state index in [0.29, 0.717) is 5.58 Å². The number of furan rings is 1. The number of phenols is 1. The molecule has 0 aliphatic heterocycles. The molecule has 0 bridgehead atoms. The summed E-state index contributed by atoms with van der Waals surface area (Å²) in [5, 5.41) is 10.7. The summed E-state index contributed by atoms with van der Waals surface area (Å²) >= 11 is 0. The van der Waals surface area contributed by atoms with Gasteiger partial charge in [-0.3, -0.25) is 4.79 Å². The maximum absolute atomic E-state index is 11.8. The Morgan fingerprint density at radius 1 is 1.28 bits per heavy atom. The summed E-state index contributed by atoms with van der Waals surface area (Å²) in [6, 6.07) is 5.14. The maximum atomic E-state index is 11.8. The molecule has 1 aromatic carbocycles. The number of rotatable bonds is 2. The summed E-state index contributed by atoms with van der Waals surface area (Å²) in [6.07, 6.45) is 0. The lowest BCUT2D eigenvalue weighted by atomic mass is 10.0. The van der Waals surface area contributed by atoms with Crippen LogP contribution >= 0.6 is 0 Å². The van der Waals surface area contributed by atoms with Crippen LogP contribution in [0.3, 0.4) is 0 Å². The zero-order valence-electron chi connectivity index (χ0n) is 11.0. The minimum Gasteiger partial charge on any atom is -0.508 e. The first-order valence-corrected chi connectivity index (χ1v) is 5.88. The third kappa shape index (κ3) is 2.06. The number of hydrogen-bond donors (Lipinski definition) is 1. The van der Waals surface area contributed by atoms with E-state index in [4.69, 9.17) is 4.42 Å². The van der Waals surface area contributed by atoms with Crippen molar-refractivity contribution >= 4 is 16.9 Å². The molecule has 0 spiro atoms. The van der Waals surface area contributed by atoms with Crippen molar-refractivity contribution in [1.29, 1.82) is 0 Å². The molecule has 0 atom stereocenters. The van der Waals surface area contributed by atoms with Crippen LogP contribution in [0.1, 0.15) is 35.9 Å². The summed E-state index contributed by atoms with van der Waals surface area (Å²) in [4.78, 5) is 13.2. The SMILES string of the molecule is CC(C)c1cc2cc(C(=O)N(C)C)oc2cc1O. The van der Waals surface area contributed by atoms with Crippen molar-refractivity contribution in [3.8, 4) is 5.75 Å². The third-order valence-electron chi connectivity index (χ3n) is 2.90. The Balaban J connectivity index is 2.55. The van der Waals surface area contributed by atoms with Crippen molar-refractivity contribution in [2.75, 3.05) is 14.1 Å². The average Bonchev–Trinajstić information content (AvgIpc) is 2.68. The van der Waals surface area contributed by atoms with Crippen molar-refractivity contribution < 1.29 is 14.3 Å². The molecule has 0 saturated heterocycles. The van der Waals surface area contributed by atoms with Crippen molar-refractivity contribution in [2.45, 2.75) is 19.8 Å². The third-order valence-corrected chi connectivity index (χ3v) is 2.90. The van der Waals surface area contributed by atoms with E-state index in [0.717, 1.165) is 10.9 Å². The Labute approximate surface area is 106 Å². The van der Waals surface area contributed by atoms with Gasteiger partial charge in [-0.25, -0.2) is 0 Å². The van der Waals surface area contributed by atoms with E-state index in [1.807, 2.05) is 19.9 Å². The topological polar surface area (TPSA) is 53.7 Å². The number of nitrogens with zero attached hydrogens (tertiary/aromatic N) is 1. The molecule has 2 aromatic rings. The van der Waals surface area contributed by atoms with Crippen LogP contribution in [0, 0.1) is 0 Å². The van der Waals surface area contributed by atoms with Gasteiger partial charge in [-0.2, -0.15) is 0 Å². The summed E-state index contributed by atoms with van der Waals surface area (Å²) in [6.45, 7) is 4.01. The maximum Gasteiger partial charge on any atom is 0.289 e. The first-order valence-electron chi connectivity index (χ1n) is 5.88. The van der Waals surface area contributed by atoms with Crippen LogP contribution in [0.2, 0.25) is 0 Å². The number of hydrogen-bond acceptors (Lipinski definition) is 3. The highest BCUT2D eigenvalue weighted by Crippen LogP contribution is 2.32. The van der Waals surface area contributed by atoms with Gasteiger partial charge in [0.05, 0.1) is 0 Å². The molecule has 1 aromatic heterocycles. The molecule has 0 saturated carbocycles. The summed E-state index contributed by atoms with van der Waals surface area (Å²) in [7, 11) is 3.35. The number of phenolic OH excluding ortho intramolecular Hbond substituents is 1. The van der Waals surface area contributed by atoms with E-state index in [1.165, 1.54) is 4.90 Å². The zero-order valence-corrected chi connectivity index (χ0v) is 11.0. The molecule has 2 rings (SSSR count). The van der Waals surface area contributed by atoms with E-state index in [9.17, 15) is 9.90 Å². The first kappa shape index (κ1) is 12.5. The van der Waals surface area contributed by atoms with Crippen LogP contribution in [0.25, 0.3) is 11.0 Å². The molecule has 0 unspecified atom stereocenters. The number of amides is 1. The molecular formula is C14H17NO3. The second kappa shape index (κ2) is 4.37. The second-order valence-corrected chi connectivity index (χ2v) is 4.91. The fourth-order valence-corrected chi connectivity index (χ4v) is 1.88. The van der Waals surface area contributed by atoms with E-state index in [2.05, 4.69) is 0 Å². The highest BCUT2D eigenvalue weighted by molar-refractivity contribution is 5.96. The minimum absolute atomic E-state index is 0.184. The standard InChI is InChI=1S/C14H17NO3/c1-8(2)10-5-9-6-13(14(17)15(3)4)18-12(9)7-11(10)16/h5-8,16H,1-4H3. The van der Waals surface area contributed by atoms with Crippen molar-refractivity contribution in [1.82, 2.24) is 4.90 Å². The number of carbonyl (C=O) groups is 1. The molecular weight excluding hydrogens is 230 g/mol. The van der Waals surface area contributed by atoms with Crippen LogP contribution < -0.4 is 0 Å². The molecule has 18 heavy (non-hydrogen) atoms. The van der Waals surface area contributed by atoms with Crippen LogP contribution in [0.4, 0.5) is 0 Å². The largest absolute Gasteiger partial charge is 0.508 e. The molecule has 4 nitrogen and oxygen atoms in total. The van der Waals surface area contributed by atoms with Gasteiger partial charge >= 0.3 is 0 Å². The summed E-state index contributed by atoms with van der Waals surface area (Å²) < 4.78 is 5.46. The number of benzene rings is 1. The van der Waals surface area contributed by atoms with E-state index in [1.54, 1.807) is 26.2 Å². The Morgan fingerprint density at radius 3 is 2.50 bits per heavy atom. The Morgan fingerprint density at radius 2 is 1.94 bits per heavy atom. The number of carbonyl (C=O) groups excluding carboxylic acids is 1. The van der Waals surface area contributed by atoms with Gasteiger partial charge in [-0.05, 0) is 23.6 Å². The Hall–Kier alpha value is -1.97. The number of aromatic hydroxyl groups is 1. The molecule has 0 fully saturated rings. The average molecular weight is 247 g/mol. The van der Waals surface area contributed by atoms with Gasteiger partial charge in [0.1, 0.15) is 11.3 Å². The normalized spacial score (nSPS) is 11.2. The van der Waals surface area contributed by atoms with Gasteiger partial charge < -0.3 is 14.4 Å². The highest BCUT2D eigenvalue weighted by Gasteiger charge is 2.16. The lowest BCUT2D eigenvalue weighted by Gasteiger charge is -2.07. The summed E-state index contributed by atoms with van der Waals surface area (Å²) in [5.74, 6) is 0.528. The van der Waals surface area contributed by atoms with E-state index >= 15 is 0 Å². The van der Waals surface area contributed by atoms with Crippen LogP contribution in [-0.2, 0) is 0 Å². The predicted octanol–water partition coefficient (Wildman–Crippen LogP) is 2.96. The van der Waals surface area contributed by atoms with Gasteiger partial charge in [0.15, 0.2) is 5.76 Å². The molecule has 1 heterocycles. The van der Waals surface area contributed by atoms with Crippen LogP contribution in [-0.4, -0.2) is 30.0 Å². The van der Waals surface area contributed by atoms with Crippen LogP contribution in [0.15, 0.2) is 22.6 Å². The fourth-order valence-electron chi connectivity index (χ4n) is 1.88. The fraction of sp³-hybridized carbons (Fsp3) is 0.357. The number of fused-ring (bicyclic) bond motifs is 1. The van der Waals surface area contributed by atoms with Gasteiger partial charge in [0.2, 0.25) is 0 Å². The zero-order chi connectivity index (χ0) is 13.4. The Bertz CT molecular complexity index is 596. The van der Waals surface area contributed by atoms with E-state index in [-0.39, 0.29) is 23.3 Å². The quantitative estimate of drug-likeness (QED) is 0.887. The monoisotopic (exact) mass is 247 g/mol. The molecule has 0 aliphatic carbocycles. The predicted molar refractivity (Wildman–Crippen MR) is 70.0 cm³/mol. The van der Waals surface area contributed by atoms with Gasteiger partial charge in [0, 0.05) is 25.5 Å². The molecule has 1 N–H and O–H groups in total. The smallest absolute Gasteiger partial charge is 0.289 e. The van der Waals surface area contributed by atoms with Gasteiger partial charge in [-0.1, -0.05) is 13.8 Å². The first-order chi connectivity index (χ1) is 8.40. The highest BCUT2D eigenvalue weighted by atomic mass is 16.3. The van der Waals surface area contributed by atoms with Crippen molar-refractivity contribution in [3.63, 3.8) is 0 Å². The minimum atomic E-state index is -0.184. The second-order valence-electron chi connectivity index (χ2n) is 4.91. The van der Waals surface area contributed by atoms with Crippen molar-refractivity contribution in [3.05, 3.63) is 29.5 Å². The molecule has 0 radical (unpaired) electrons. The molecule has 4 heteroatoms. The summed E-state index contributed by atoms with van der Waals surface area (Å²) in [5.41, 5.74) is 1.38. The van der Waals surface area contributed by atoms with E-state index < -0.39 is 0 Å². The van der Waals surface area contributed by atoms with Crippen molar-refractivity contribution in [2.24, 2.45) is 0 Å². The van der Waals surface area contributed by atoms with Gasteiger partial charge in [-0.15, -0.1) is 0 Å². The lowest BCUT2D eigenvalue weighted by Crippen LogP contribution is -2.20. The Kier molecular flexibility index (Phi) is 3.03.